The monoisotopic (exact) mass is 394 g/mol. The molecule has 7 heteroatoms. The summed E-state index contributed by atoms with van der Waals surface area (Å²) in [7, 11) is 0. The van der Waals surface area contributed by atoms with Gasteiger partial charge in [-0.15, -0.1) is 0 Å². The summed E-state index contributed by atoms with van der Waals surface area (Å²) in [5.74, 6) is 0.845. The number of nitrogens with zero attached hydrogens (tertiary/aromatic N) is 1. The van der Waals surface area contributed by atoms with Crippen molar-refractivity contribution in [1.29, 1.82) is 0 Å². The predicted octanol–water partition coefficient (Wildman–Crippen LogP) is 2.23. The Morgan fingerprint density at radius 2 is 1.93 bits per heavy atom. The first-order valence-electron chi connectivity index (χ1n) is 9.34. The molecule has 1 heterocycles. The van der Waals surface area contributed by atoms with Crippen LogP contribution >= 0.6 is 11.6 Å². The van der Waals surface area contributed by atoms with Crippen LogP contribution in [0.3, 0.4) is 0 Å². The van der Waals surface area contributed by atoms with Crippen LogP contribution in [0.2, 0.25) is 5.02 Å². The Morgan fingerprint density at radius 1 is 1.26 bits per heavy atom. The number of hydrogen-bond acceptors (Lipinski definition) is 4. The lowest BCUT2D eigenvalue weighted by Crippen LogP contribution is -2.55. The van der Waals surface area contributed by atoms with Crippen LogP contribution in [0.15, 0.2) is 24.3 Å². The smallest absolute Gasteiger partial charge is 0.247 e. The standard InChI is InChI=1S/C20H27ClN2O4/c1-12(24)22-20(2,3)19(26)23-10-13-7-17(25)18(8-14(13)11-23)27-16-6-4-5-15(21)9-16/h4-6,9,13-14,17-18,25H,7-8,10-11H2,1-3H3,(H,22,24)/t13-,14+,17+,18+/m0/s1. The van der Waals surface area contributed by atoms with Crippen molar-refractivity contribution in [3.05, 3.63) is 29.3 Å². The van der Waals surface area contributed by atoms with Gasteiger partial charge in [0.25, 0.3) is 0 Å². The number of aliphatic hydroxyl groups is 1. The van der Waals surface area contributed by atoms with Crippen LogP contribution in [0.5, 0.6) is 5.75 Å². The number of carbonyl (C=O) groups is 2. The van der Waals surface area contributed by atoms with E-state index in [1.165, 1.54) is 6.92 Å². The zero-order valence-electron chi connectivity index (χ0n) is 15.9. The van der Waals surface area contributed by atoms with Gasteiger partial charge < -0.3 is 20.1 Å². The van der Waals surface area contributed by atoms with Gasteiger partial charge in [0.1, 0.15) is 17.4 Å². The first-order chi connectivity index (χ1) is 12.7. The number of amides is 2. The van der Waals surface area contributed by atoms with Crippen molar-refractivity contribution in [2.24, 2.45) is 11.8 Å². The second kappa shape index (κ2) is 7.68. The fourth-order valence-electron chi connectivity index (χ4n) is 4.29. The molecule has 1 aromatic carbocycles. The van der Waals surface area contributed by atoms with Crippen LogP contribution in [-0.2, 0) is 9.59 Å². The summed E-state index contributed by atoms with van der Waals surface area (Å²) in [6.45, 7) is 6.08. The Bertz CT molecular complexity index is 724. The van der Waals surface area contributed by atoms with Crippen molar-refractivity contribution in [2.75, 3.05) is 13.1 Å². The molecule has 2 amide bonds. The number of aliphatic hydroxyl groups excluding tert-OH is 1. The Morgan fingerprint density at radius 3 is 2.56 bits per heavy atom. The van der Waals surface area contributed by atoms with E-state index in [9.17, 15) is 14.7 Å². The predicted molar refractivity (Wildman–Crippen MR) is 103 cm³/mol. The molecule has 148 valence electrons. The number of hydrogen-bond donors (Lipinski definition) is 2. The maximum atomic E-state index is 12.8. The second-order valence-electron chi connectivity index (χ2n) is 8.19. The van der Waals surface area contributed by atoms with E-state index in [0.717, 1.165) is 0 Å². The normalized spacial score (nSPS) is 27.8. The van der Waals surface area contributed by atoms with Crippen LogP contribution in [-0.4, -0.2) is 52.7 Å². The van der Waals surface area contributed by atoms with Gasteiger partial charge in [0.15, 0.2) is 0 Å². The number of benzene rings is 1. The third-order valence-corrected chi connectivity index (χ3v) is 5.71. The molecule has 1 aliphatic carbocycles. The van der Waals surface area contributed by atoms with Crippen LogP contribution in [0.1, 0.15) is 33.6 Å². The van der Waals surface area contributed by atoms with E-state index in [-0.39, 0.29) is 29.8 Å². The van der Waals surface area contributed by atoms with Gasteiger partial charge in [0.05, 0.1) is 6.10 Å². The summed E-state index contributed by atoms with van der Waals surface area (Å²) < 4.78 is 5.98. The van der Waals surface area contributed by atoms with Gasteiger partial charge in [-0.2, -0.15) is 0 Å². The van der Waals surface area contributed by atoms with E-state index in [1.54, 1.807) is 30.9 Å². The van der Waals surface area contributed by atoms with Gasteiger partial charge in [-0.05, 0) is 56.7 Å². The lowest BCUT2D eigenvalue weighted by Gasteiger charge is -2.35. The number of carbonyl (C=O) groups excluding carboxylic acids is 2. The van der Waals surface area contributed by atoms with Crippen LogP contribution < -0.4 is 10.1 Å². The first kappa shape index (κ1) is 20.0. The van der Waals surface area contributed by atoms with Crippen molar-refractivity contribution in [2.45, 2.75) is 51.4 Å². The minimum atomic E-state index is -0.936. The molecule has 27 heavy (non-hydrogen) atoms. The molecule has 1 aromatic rings. The average molecular weight is 395 g/mol. The third kappa shape index (κ3) is 4.55. The lowest BCUT2D eigenvalue weighted by atomic mass is 9.78. The lowest BCUT2D eigenvalue weighted by molar-refractivity contribution is -0.139. The quantitative estimate of drug-likeness (QED) is 0.820. The zero-order chi connectivity index (χ0) is 19.8. The number of likely N-dealkylation sites (tertiary alicyclic amines) is 1. The zero-order valence-corrected chi connectivity index (χ0v) is 16.7. The van der Waals surface area contributed by atoms with Gasteiger partial charge in [0, 0.05) is 25.0 Å². The van der Waals surface area contributed by atoms with E-state index in [4.69, 9.17) is 16.3 Å². The fraction of sp³-hybridized carbons (Fsp3) is 0.600. The molecule has 1 saturated carbocycles. The molecule has 0 radical (unpaired) electrons. The molecule has 1 aliphatic heterocycles. The summed E-state index contributed by atoms with van der Waals surface area (Å²) in [4.78, 5) is 26.0. The largest absolute Gasteiger partial charge is 0.488 e. The number of rotatable bonds is 4. The van der Waals surface area contributed by atoms with Gasteiger partial charge in [-0.3, -0.25) is 9.59 Å². The maximum Gasteiger partial charge on any atom is 0.247 e. The van der Waals surface area contributed by atoms with Crippen molar-refractivity contribution < 1.29 is 19.4 Å². The van der Waals surface area contributed by atoms with Crippen molar-refractivity contribution in [1.82, 2.24) is 10.2 Å². The average Bonchev–Trinajstić information content (AvgIpc) is 2.96. The molecule has 2 aliphatic rings. The van der Waals surface area contributed by atoms with Crippen LogP contribution in [0.4, 0.5) is 0 Å². The van der Waals surface area contributed by atoms with Crippen molar-refractivity contribution >= 4 is 23.4 Å². The number of halogens is 1. The van der Waals surface area contributed by atoms with E-state index in [2.05, 4.69) is 5.32 Å². The molecule has 0 aromatic heterocycles. The fourth-order valence-corrected chi connectivity index (χ4v) is 4.47. The number of nitrogens with one attached hydrogen (secondary N) is 1. The summed E-state index contributed by atoms with van der Waals surface area (Å²) in [5, 5.41) is 13.8. The van der Waals surface area contributed by atoms with E-state index >= 15 is 0 Å². The van der Waals surface area contributed by atoms with Gasteiger partial charge in [-0.1, -0.05) is 17.7 Å². The summed E-state index contributed by atoms with van der Waals surface area (Å²) in [6, 6.07) is 7.15. The molecule has 3 rings (SSSR count). The Labute approximate surface area is 164 Å². The van der Waals surface area contributed by atoms with Crippen molar-refractivity contribution in [3.63, 3.8) is 0 Å². The second-order valence-corrected chi connectivity index (χ2v) is 8.63. The minimum absolute atomic E-state index is 0.0890. The van der Waals surface area contributed by atoms with Gasteiger partial charge in [0.2, 0.25) is 11.8 Å². The molecule has 2 fully saturated rings. The summed E-state index contributed by atoms with van der Waals surface area (Å²) in [5.41, 5.74) is -0.936. The number of ether oxygens (including phenoxy) is 1. The third-order valence-electron chi connectivity index (χ3n) is 5.48. The highest BCUT2D eigenvalue weighted by molar-refractivity contribution is 6.30. The van der Waals surface area contributed by atoms with E-state index in [1.807, 2.05) is 12.1 Å². The molecular formula is C20H27ClN2O4. The highest BCUT2D eigenvalue weighted by Crippen LogP contribution is 2.38. The summed E-state index contributed by atoms with van der Waals surface area (Å²) >= 11 is 6.00. The Hall–Kier alpha value is -1.79. The Balaban J connectivity index is 1.64. The molecule has 0 unspecified atom stereocenters. The van der Waals surface area contributed by atoms with Crippen LogP contribution in [0, 0.1) is 11.8 Å². The molecule has 0 bridgehead atoms. The topological polar surface area (TPSA) is 78.9 Å². The van der Waals surface area contributed by atoms with Gasteiger partial charge in [-0.25, -0.2) is 0 Å². The molecule has 6 nitrogen and oxygen atoms in total. The van der Waals surface area contributed by atoms with E-state index < -0.39 is 11.6 Å². The molecular weight excluding hydrogens is 368 g/mol. The number of fused-ring (bicyclic) bond motifs is 1. The highest BCUT2D eigenvalue weighted by Gasteiger charge is 2.46. The van der Waals surface area contributed by atoms with Gasteiger partial charge >= 0.3 is 0 Å². The molecule has 1 saturated heterocycles. The SMILES string of the molecule is CC(=O)NC(C)(C)C(=O)N1C[C@H]2C[C@@H](Oc3cccc(Cl)c3)[C@H](O)C[C@H]2C1. The molecule has 4 atom stereocenters. The summed E-state index contributed by atoms with van der Waals surface area (Å²) in [6.07, 6.45) is 0.384. The van der Waals surface area contributed by atoms with E-state index in [0.29, 0.717) is 36.7 Å². The minimum Gasteiger partial charge on any atom is -0.488 e. The Kier molecular flexibility index (Phi) is 5.68. The molecule has 0 spiro atoms. The van der Waals surface area contributed by atoms with Crippen molar-refractivity contribution in [3.8, 4) is 5.75 Å². The highest BCUT2D eigenvalue weighted by atomic mass is 35.5. The van der Waals surface area contributed by atoms with Crippen LogP contribution in [0.25, 0.3) is 0 Å². The first-order valence-corrected chi connectivity index (χ1v) is 9.72. The maximum absolute atomic E-state index is 12.8. The molecule has 2 N–H and O–H groups in total.